The van der Waals surface area contributed by atoms with Crippen LogP contribution in [0.4, 0.5) is 0 Å². The molecule has 1 saturated heterocycles. The Hall–Kier alpha value is -4.48. The minimum absolute atomic E-state index is 0.0390. The number of thioether (sulfide) groups is 1. The fraction of sp³-hybridized carbons (Fsp3) is 0.270. The van der Waals surface area contributed by atoms with Crippen LogP contribution in [0.1, 0.15) is 70.7 Å². The van der Waals surface area contributed by atoms with Crippen molar-refractivity contribution < 1.29 is 39.2 Å². The topological polar surface area (TPSA) is 142 Å². The highest BCUT2D eigenvalue weighted by Crippen LogP contribution is 2.40. The molecule has 3 atom stereocenters. The van der Waals surface area contributed by atoms with E-state index < -0.39 is 18.2 Å². The average molecular weight is 656 g/mol. The molecule has 0 radical (unpaired) electrons. The lowest BCUT2D eigenvalue weighted by molar-refractivity contribution is -0.245. The molecule has 4 N–H and O–H groups in total. The van der Waals surface area contributed by atoms with Gasteiger partial charge in [0.1, 0.15) is 0 Å². The molecule has 1 aliphatic heterocycles. The van der Waals surface area contributed by atoms with Crippen molar-refractivity contribution in [3.63, 3.8) is 0 Å². The van der Waals surface area contributed by atoms with Gasteiger partial charge in [0.15, 0.2) is 6.29 Å². The zero-order valence-corrected chi connectivity index (χ0v) is 26.5. The Morgan fingerprint density at radius 2 is 1.53 bits per heavy atom. The van der Waals surface area contributed by atoms with Crippen LogP contribution in [-0.4, -0.2) is 45.0 Å². The second-order valence-corrected chi connectivity index (χ2v) is 12.4. The predicted molar refractivity (Wildman–Crippen MR) is 178 cm³/mol. The molecule has 0 unspecified atom stereocenters. The molecule has 10 heteroatoms. The highest BCUT2D eigenvalue weighted by Gasteiger charge is 2.32. The molecule has 244 valence electrons. The van der Waals surface area contributed by atoms with E-state index in [-0.39, 0.29) is 43.1 Å². The van der Waals surface area contributed by atoms with Gasteiger partial charge in [0, 0.05) is 42.0 Å². The van der Waals surface area contributed by atoms with Gasteiger partial charge in [0.25, 0.3) is 0 Å². The number of hydrogen-bond donors (Lipinski definition) is 4. The van der Waals surface area contributed by atoms with Crippen molar-refractivity contribution in [2.24, 2.45) is 0 Å². The van der Waals surface area contributed by atoms with Gasteiger partial charge in [-0.1, -0.05) is 72.8 Å². The Labute approximate surface area is 277 Å². The van der Waals surface area contributed by atoms with E-state index in [1.54, 1.807) is 18.2 Å². The molecule has 0 spiro atoms. The fourth-order valence-corrected chi connectivity index (χ4v) is 6.46. The molecule has 4 aromatic rings. The molecular weight excluding hydrogens is 618 g/mol. The first-order valence-electron chi connectivity index (χ1n) is 15.4. The Kier molecular flexibility index (Phi) is 11.8. The van der Waals surface area contributed by atoms with Gasteiger partial charge < -0.3 is 30.1 Å². The van der Waals surface area contributed by atoms with Crippen molar-refractivity contribution in [2.45, 2.75) is 62.2 Å². The minimum Gasteiger partial charge on any atom is -0.481 e. The first kappa shape index (κ1) is 33.9. The first-order chi connectivity index (χ1) is 22.8. The van der Waals surface area contributed by atoms with E-state index in [4.69, 9.17) is 14.6 Å². The smallest absolute Gasteiger partial charge is 0.336 e. The van der Waals surface area contributed by atoms with Crippen molar-refractivity contribution in [1.82, 2.24) is 5.32 Å². The van der Waals surface area contributed by atoms with E-state index in [2.05, 4.69) is 5.32 Å². The van der Waals surface area contributed by atoms with Crippen LogP contribution in [0.25, 0.3) is 11.1 Å². The number of ether oxygens (including phenoxy) is 2. The third-order valence-corrected chi connectivity index (χ3v) is 9.07. The minimum atomic E-state index is -0.972. The van der Waals surface area contributed by atoms with Crippen molar-refractivity contribution >= 4 is 29.6 Å². The normalized spacial score (nSPS) is 17.6. The molecule has 47 heavy (non-hydrogen) atoms. The highest BCUT2D eigenvalue weighted by atomic mass is 32.2. The number of aliphatic hydroxyl groups excluding tert-OH is 1. The van der Waals surface area contributed by atoms with E-state index in [1.165, 1.54) is 11.8 Å². The largest absolute Gasteiger partial charge is 0.481 e. The van der Waals surface area contributed by atoms with Gasteiger partial charge in [-0.25, -0.2) is 4.79 Å². The summed E-state index contributed by atoms with van der Waals surface area (Å²) in [7, 11) is 0. The molecule has 0 bridgehead atoms. The van der Waals surface area contributed by atoms with Crippen molar-refractivity contribution in [2.75, 3.05) is 5.75 Å². The molecular formula is C37H37NO8S. The second kappa shape index (κ2) is 16.4. The molecule has 0 aromatic heterocycles. The monoisotopic (exact) mass is 655 g/mol. The van der Waals surface area contributed by atoms with Crippen LogP contribution < -0.4 is 5.32 Å². The third-order valence-electron chi connectivity index (χ3n) is 7.86. The Morgan fingerprint density at radius 3 is 2.28 bits per heavy atom. The lowest BCUT2D eigenvalue weighted by Gasteiger charge is -2.36. The van der Waals surface area contributed by atoms with Crippen molar-refractivity contribution in [3.05, 3.63) is 125 Å². The maximum atomic E-state index is 12.2. The van der Waals surface area contributed by atoms with Crippen LogP contribution in [0, 0.1) is 0 Å². The lowest BCUT2D eigenvalue weighted by atomic mass is 9.99. The van der Waals surface area contributed by atoms with Gasteiger partial charge in [-0.15, -0.1) is 11.8 Å². The van der Waals surface area contributed by atoms with Gasteiger partial charge in [0.2, 0.25) is 5.91 Å². The summed E-state index contributed by atoms with van der Waals surface area (Å²) in [6, 6.07) is 30.4. The zero-order valence-electron chi connectivity index (χ0n) is 25.7. The molecule has 1 aliphatic rings. The average Bonchev–Trinajstić information content (AvgIpc) is 3.10. The summed E-state index contributed by atoms with van der Waals surface area (Å²) in [6.07, 6.45) is -0.220. The zero-order chi connectivity index (χ0) is 33.2. The molecule has 1 amide bonds. The van der Waals surface area contributed by atoms with Gasteiger partial charge >= 0.3 is 11.9 Å². The molecule has 0 saturated carbocycles. The van der Waals surface area contributed by atoms with E-state index in [9.17, 15) is 24.6 Å². The van der Waals surface area contributed by atoms with Gasteiger partial charge in [-0.3, -0.25) is 9.59 Å². The van der Waals surface area contributed by atoms with E-state index >= 15 is 0 Å². The van der Waals surface area contributed by atoms with Crippen molar-refractivity contribution in [1.29, 1.82) is 0 Å². The number of carbonyl (C=O) groups excluding carboxylic acids is 1. The third kappa shape index (κ3) is 9.52. The summed E-state index contributed by atoms with van der Waals surface area (Å²) in [5, 5.41) is 30.8. The number of aliphatic carboxylic acids is 1. The van der Waals surface area contributed by atoms with Crippen molar-refractivity contribution in [3.8, 4) is 11.1 Å². The summed E-state index contributed by atoms with van der Waals surface area (Å²) in [4.78, 5) is 35.3. The quantitative estimate of drug-likeness (QED) is 0.109. The summed E-state index contributed by atoms with van der Waals surface area (Å²) in [6.45, 7) is 0.280. The van der Waals surface area contributed by atoms with E-state index in [1.807, 2.05) is 78.9 Å². The van der Waals surface area contributed by atoms with Crippen LogP contribution in [0.5, 0.6) is 0 Å². The molecule has 1 fully saturated rings. The maximum absolute atomic E-state index is 12.2. The SMILES string of the molecule is O=C(O)CCCC(=O)NCc1cccc(-c2cccc([C@@H]3O[C@H](CSc4ccccc4C(=O)O)C[C@H](c4ccc(CO)cc4)O3)c2)c1. The number of benzene rings is 4. The summed E-state index contributed by atoms with van der Waals surface area (Å²) in [5.74, 6) is -1.55. The summed E-state index contributed by atoms with van der Waals surface area (Å²) >= 11 is 1.45. The van der Waals surface area contributed by atoms with Gasteiger partial charge in [-0.05, 0) is 58.5 Å². The highest BCUT2D eigenvalue weighted by molar-refractivity contribution is 7.99. The Bertz CT molecular complexity index is 1690. The molecule has 4 aromatic carbocycles. The number of carbonyl (C=O) groups is 3. The summed E-state index contributed by atoms with van der Waals surface area (Å²) in [5.41, 5.74) is 5.67. The van der Waals surface area contributed by atoms with Gasteiger partial charge in [0.05, 0.1) is 24.4 Å². The van der Waals surface area contributed by atoms with E-state index in [0.29, 0.717) is 30.0 Å². The van der Waals surface area contributed by atoms with Gasteiger partial charge in [-0.2, -0.15) is 0 Å². The number of aromatic carboxylic acids is 1. The second-order valence-electron chi connectivity index (χ2n) is 11.3. The molecule has 1 heterocycles. The number of rotatable bonds is 14. The fourth-order valence-electron chi connectivity index (χ4n) is 5.39. The number of carboxylic acid groups (broad SMARTS) is 2. The predicted octanol–water partition coefficient (Wildman–Crippen LogP) is 6.75. The van der Waals surface area contributed by atoms with Crippen LogP contribution in [0.2, 0.25) is 0 Å². The maximum Gasteiger partial charge on any atom is 0.336 e. The van der Waals surface area contributed by atoms with E-state index in [0.717, 1.165) is 33.4 Å². The van der Waals surface area contributed by atoms with Crippen LogP contribution in [0.3, 0.4) is 0 Å². The molecule has 5 rings (SSSR count). The Morgan fingerprint density at radius 1 is 0.787 bits per heavy atom. The molecule has 9 nitrogen and oxygen atoms in total. The number of nitrogens with one attached hydrogen (secondary N) is 1. The number of amides is 1. The lowest BCUT2D eigenvalue weighted by Crippen LogP contribution is -2.31. The van der Waals surface area contributed by atoms with Crippen LogP contribution >= 0.6 is 11.8 Å². The standard InChI is InChI=1S/C37H37NO8S/c39-22-24-14-16-26(17-15-24)32-20-30(23-47-33-11-2-1-10-31(33)36(43)44)45-37(46-32)29-9-4-8-28(19-29)27-7-3-6-25(18-27)21-38-34(40)12-5-13-35(41)42/h1-4,6-11,14-19,30,32,37,39H,5,12-13,20-23H2,(H,38,40)(H,41,42)(H,43,44)/t30-,32+,37+/m0/s1. The number of aliphatic hydroxyl groups is 1. The number of carboxylic acids is 2. The Balaban J connectivity index is 1.33. The molecule has 0 aliphatic carbocycles. The summed E-state index contributed by atoms with van der Waals surface area (Å²) < 4.78 is 13.0. The first-order valence-corrected chi connectivity index (χ1v) is 16.4. The number of hydrogen-bond acceptors (Lipinski definition) is 7. The van der Waals surface area contributed by atoms with Crippen LogP contribution in [-0.2, 0) is 32.2 Å². The van der Waals surface area contributed by atoms with Crippen LogP contribution in [0.15, 0.2) is 102 Å².